The summed E-state index contributed by atoms with van der Waals surface area (Å²) in [6.07, 6.45) is 1.86. The number of hydrogen-bond acceptors (Lipinski definition) is 4. The second kappa shape index (κ2) is 7.08. The van der Waals surface area contributed by atoms with Crippen LogP contribution in [0.25, 0.3) is 22.0 Å². The van der Waals surface area contributed by atoms with E-state index in [1.54, 1.807) is 6.20 Å². The number of benzene rings is 2. The molecular formula is C22H20ClN3O2. The zero-order valence-corrected chi connectivity index (χ0v) is 16.1. The van der Waals surface area contributed by atoms with E-state index >= 15 is 0 Å². The molecule has 0 saturated carbocycles. The van der Waals surface area contributed by atoms with Gasteiger partial charge in [-0.1, -0.05) is 29.8 Å². The van der Waals surface area contributed by atoms with E-state index in [4.69, 9.17) is 16.3 Å². The van der Waals surface area contributed by atoms with Crippen LogP contribution < -0.4 is 10.1 Å². The van der Waals surface area contributed by atoms with Gasteiger partial charge in [0.05, 0.1) is 5.52 Å². The van der Waals surface area contributed by atoms with Gasteiger partial charge in [0.2, 0.25) is 0 Å². The third-order valence-corrected chi connectivity index (χ3v) is 5.66. The maximum absolute atomic E-state index is 12.9. The molecule has 0 unspecified atom stereocenters. The molecule has 2 aliphatic heterocycles. The molecule has 0 radical (unpaired) electrons. The average molecular weight is 394 g/mol. The lowest BCUT2D eigenvalue weighted by atomic mass is 9.97. The predicted molar refractivity (Wildman–Crippen MR) is 110 cm³/mol. The molecule has 1 N–H and O–H groups in total. The summed E-state index contributed by atoms with van der Waals surface area (Å²) in [5, 5.41) is 4.96. The van der Waals surface area contributed by atoms with Crippen molar-refractivity contribution < 1.29 is 9.53 Å². The van der Waals surface area contributed by atoms with Crippen molar-refractivity contribution in [2.45, 2.75) is 12.5 Å². The van der Waals surface area contributed by atoms with Gasteiger partial charge in [-0.25, -0.2) is 0 Å². The zero-order valence-electron chi connectivity index (χ0n) is 15.3. The molecule has 0 spiro atoms. The fraction of sp³-hybridized carbons (Fsp3) is 0.273. The van der Waals surface area contributed by atoms with Crippen molar-refractivity contribution >= 4 is 28.4 Å². The summed E-state index contributed by atoms with van der Waals surface area (Å²) >= 11 is 6.43. The van der Waals surface area contributed by atoms with Gasteiger partial charge < -0.3 is 15.0 Å². The summed E-state index contributed by atoms with van der Waals surface area (Å²) in [4.78, 5) is 19.3. The van der Waals surface area contributed by atoms with Gasteiger partial charge in [0.25, 0.3) is 5.91 Å². The Hall–Kier alpha value is -2.63. The van der Waals surface area contributed by atoms with E-state index in [1.807, 2.05) is 47.4 Å². The quantitative estimate of drug-likeness (QED) is 0.726. The van der Waals surface area contributed by atoms with Crippen molar-refractivity contribution in [2.24, 2.45) is 0 Å². The zero-order chi connectivity index (χ0) is 19.1. The molecule has 1 aromatic heterocycles. The number of fused-ring (bicyclic) bond motifs is 2. The molecule has 0 bridgehead atoms. The monoisotopic (exact) mass is 393 g/mol. The maximum Gasteiger partial charge on any atom is 0.264 e. The Labute approximate surface area is 168 Å². The Bertz CT molecular complexity index is 1060. The minimum Gasteiger partial charge on any atom is -0.479 e. The highest BCUT2D eigenvalue weighted by Gasteiger charge is 2.35. The number of carbonyl (C=O) groups is 1. The van der Waals surface area contributed by atoms with E-state index in [2.05, 4.69) is 10.3 Å². The number of ether oxygens (including phenoxy) is 1. The number of nitrogens with one attached hydrogen (secondary N) is 1. The molecule has 0 aliphatic carbocycles. The molecule has 1 amide bonds. The number of aromatic nitrogens is 1. The van der Waals surface area contributed by atoms with Crippen molar-refractivity contribution in [1.82, 2.24) is 15.2 Å². The van der Waals surface area contributed by atoms with Gasteiger partial charge in [0.1, 0.15) is 5.75 Å². The van der Waals surface area contributed by atoms with Gasteiger partial charge in [-0.2, -0.15) is 0 Å². The Morgan fingerprint density at radius 1 is 1.14 bits per heavy atom. The summed E-state index contributed by atoms with van der Waals surface area (Å²) in [5.41, 5.74) is 3.83. The standard InChI is InChI=1S/C22H20ClN3O2/c23-15-11-14-12-20(22(27)26-9-7-24-8-10-26)28-21(14)18(13-15)16-5-6-25-19-4-2-1-3-17(16)19/h1-6,11,13,20,24H,7-10,12H2/t20-/m0/s1. The molecule has 1 fully saturated rings. The number of nitrogens with zero attached hydrogens (tertiary/aromatic N) is 2. The molecule has 5 nitrogen and oxygen atoms in total. The van der Waals surface area contributed by atoms with Crippen LogP contribution in [0.1, 0.15) is 5.56 Å². The second-order valence-electron chi connectivity index (χ2n) is 7.20. The van der Waals surface area contributed by atoms with Crippen molar-refractivity contribution in [3.05, 3.63) is 59.2 Å². The summed E-state index contributed by atoms with van der Waals surface area (Å²) in [5.74, 6) is 0.814. The van der Waals surface area contributed by atoms with Crippen LogP contribution in [-0.4, -0.2) is 48.1 Å². The van der Waals surface area contributed by atoms with Crippen molar-refractivity contribution in [2.75, 3.05) is 26.2 Å². The normalized spacial score (nSPS) is 18.8. The van der Waals surface area contributed by atoms with Crippen LogP contribution in [0.2, 0.25) is 5.02 Å². The summed E-state index contributed by atoms with van der Waals surface area (Å²) in [7, 11) is 0. The van der Waals surface area contributed by atoms with Crippen LogP contribution in [0.15, 0.2) is 48.7 Å². The predicted octanol–water partition coefficient (Wildman–Crippen LogP) is 3.29. The molecule has 3 aromatic rings. The van der Waals surface area contributed by atoms with E-state index in [0.29, 0.717) is 11.4 Å². The molecule has 1 atom stereocenters. The fourth-order valence-corrected chi connectivity index (χ4v) is 4.32. The van der Waals surface area contributed by atoms with Gasteiger partial charge >= 0.3 is 0 Å². The number of hydrogen-bond donors (Lipinski definition) is 1. The number of para-hydroxylation sites is 1. The molecule has 6 heteroatoms. The fourth-order valence-electron chi connectivity index (χ4n) is 4.08. The number of rotatable bonds is 2. The lowest BCUT2D eigenvalue weighted by molar-refractivity contribution is -0.138. The Morgan fingerprint density at radius 2 is 1.96 bits per heavy atom. The maximum atomic E-state index is 12.9. The minimum absolute atomic E-state index is 0.0550. The van der Waals surface area contributed by atoms with Crippen LogP contribution in [0.3, 0.4) is 0 Å². The molecular weight excluding hydrogens is 374 g/mol. The first-order valence-corrected chi connectivity index (χ1v) is 9.91. The van der Waals surface area contributed by atoms with Gasteiger partial charge in [0, 0.05) is 60.3 Å². The number of pyridine rings is 1. The summed E-state index contributed by atoms with van der Waals surface area (Å²) < 4.78 is 6.22. The first-order chi connectivity index (χ1) is 13.7. The van der Waals surface area contributed by atoms with Crippen LogP contribution in [0.4, 0.5) is 0 Å². The lowest BCUT2D eigenvalue weighted by Gasteiger charge is -2.29. The Kier molecular flexibility index (Phi) is 4.41. The molecule has 2 aliphatic rings. The van der Waals surface area contributed by atoms with Gasteiger partial charge in [-0.05, 0) is 29.8 Å². The van der Waals surface area contributed by atoms with E-state index < -0.39 is 6.10 Å². The third-order valence-electron chi connectivity index (χ3n) is 5.44. The third kappa shape index (κ3) is 3.01. The number of amides is 1. The number of halogens is 1. The van der Waals surface area contributed by atoms with Crippen LogP contribution in [0.5, 0.6) is 5.75 Å². The molecule has 2 aromatic carbocycles. The molecule has 28 heavy (non-hydrogen) atoms. The summed E-state index contributed by atoms with van der Waals surface area (Å²) in [6.45, 7) is 3.09. The first kappa shape index (κ1) is 17.5. The number of piperazine rings is 1. The SMILES string of the molecule is O=C([C@@H]1Cc2cc(Cl)cc(-c3ccnc4ccccc34)c2O1)N1CCNCC1. The van der Waals surface area contributed by atoms with Crippen molar-refractivity contribution in [3.63, 3.8) is 0 Å². The smallest absolute Gasteiger partial charge is 0.264 e. The molecule has 5 rings (SSSR count). The van der Waals surface area contributed by atoms with Gasteiger partial charge in [-0.15, -0.1) is 0 Å². The highest BCUT2D eigenvalue weighted by molar-refractivity contribution is 6.31. The highest BCUT2D eigenvalue weighted by atomic mass is 35.5. The number of carbonyl (C=O) groups excluding carboxylic acids is 1. The minimum atomic E-state index is -0.488. The highest BCUT2D eigenvalue weighted by Crippen LogP contribution is 2.43. The van der Waals surface area contributed by atoms with Crippen molar-refractivity contribution in [1.29, 1.82) is 0 Å². The van der Waals surface area contributed by atoms with E-state index in [9.17, 15) is 4.79 Å². The van der Waals surface area contributed by atoms with Crippen molar-refractivity contribution in [3.8, 4) is 16.9 Å². The van der Waals surface area contributed by atoms with E-state index in [1.165, 1.54) is 0 Å². The lowest BCUT2D eigenvalue weighted by Crippen LogP contribution is -2.50. The van der Waals surface area contributed by atoms with E-state index in [-0.39, 0.29) is 5.91 Å². The van der Waals surface area contributed by atoms with Crippen LogP contribution >= 0.6 is 11.6 Å². The first-order valence-electron chi connectivity index (χ1n) is 9.53. The molecule has 3 heterocycles. The van der Waals surface area contributed by atoms with Gasteiger partial charge in [0.15, 0.2) is 6.10 Å². The van der Waals surface area contributed by atoms with Crippen LogP contribution in [0, 0.1) is 0 Å². The molecule has 1 saturated heterocycles. The van der Waals surface area contributed by atoms with Gasteiger partial charge in [-0.3, -0.25) is 9.78 Å². The largest absolute Gasteiger partial charge is 0.479 e. The Balaban J connectivity index is 1.54. The Morgan fingerprint density at radius 3 is 2.82 bits per heavy atom. The molecule has 142 valence electrons. The topological polar surface area (TPSA) is 54.5 Å². The second-order valence-corrected chi connectivity index (χ2v) is 7.64. The summed E-state index contributed by atoms with van der Waals surface area (Å²) in [6, 6.07) is 13.8. The average Bonchev–Trinajstić information content (AvgIpc) is 3.17. The van der Waals surface area contributed by atoms with E-state index in [0.717, 1.165) is 59.5 Å². The van der Waals surface area contributed by atoms with Crippen LogP contribution in [-0.2, 0) is 11.2 Å².